The summed E-state index contributed by atoms with van der Waals surface area (Å²) in [6, 6.07) is 7.74. The summed E-state index contributed by atoms with van der Waals surface area (Å²) < 4.78 is 22.9. The lowest BCUT2D eigenvalue weighted by Crippen LogP contribution is -2.38. The molecule has 2 unspecified atom stereocenters. The summed E-state index contributed by atoms with van der Waals surface area (Å²) in [7, 11) is -2.81. The van der Waals surface area contributed by atoms with Gasteiger partial charge in [-0.05, 0) is 42.9 Å². The molecule has 3 N–H and O–H groups in total. The van der Waals surface area contributed by atoms with Gasteiger partial charge in [0.25, 0.3) is 0 Å². The van der Waals surface area contributed by atoms with Crippen molar-refractivity contribution >= 4 is 21.4 Å². The number of hydrogen-bond donors (Lipinski definition) is 2. The van der Waals surface area contributed by atoms with Gasteiger partial charge in [0.2, 0.25) is 0 Å². The van der Waals surface area contributed by atoms with Crippen LogP contribution in [0.2, 0.25) is 5.02 Å². The number of rotatable bonds is 5. The van der Waals surface area contributed by atoms with Crippen LogP contribution in [0.25, 0.3) is 0 Å². The molecule has 2 rings (SSSR count). The molecular formula is C13H19ClN2O2S. The van der Waals surface area contributed by atoms with E-state index in [0.29, 0.717) is 16.5 Å². The van der Waals surface area contributed by atoms with Gasteiger partial charge in [0.15, 0.2) is 9.84 Å². The summed E-state index contributed by atoms with van der Waals surface area (Å²) in [6.45, 7) is 0. The number of sulfone groups is 1. The second kappa shape index (κ2) is 6.22. The van der Waals surface area contributed by atoms with Crippen LogP contribution < -0.4 is 11.3 Å². The normalized spacial score (nSPS) is 23.4. The molecule has 1 heterocycles. The van der Waals surface area contributed by atoms with Crippen LogP contribution in [0.3, 0.4) is 0 Å². The topological polar surface area (TPSA) is 72.2 Å². The van der Waals surface area contributed by atoms with Crippen molar-refractivity contribution in [1.29, 1.82) is 0 Å². The molecule has 1 fully saturated rings. The molecule has 0 radical (unpaired) electrons. The van der Waals surface area contributed by atoms with Crippen LogP contribution in [0.15, 0.2) is 24.3 Å². The van der Waals surface area contributed by atoms with E-state index < -0.39 is 9.84 Å². The first-order valence-electron chi connectivity index (χ1n) is 6.39. The Labute approximate surface area is 119 Å². The highest BCUT2D eigenvalue weighted by molar-refractivity contribution is 7.91. The Morgan fingerprint density at radius 3 is 2.58 bits per heavy atom. The highest BCUT2D eigenvalue weighted by atomic mass is 35.5. The first-order valence-corrected chi connectivity index (χ1v) is 8.59. The van der Waals surface area contributed by atoms with Crippen molar-refractivity contribution in [2.45, 2.75) is 25.3 Å². The third-order valence-electron chi connectivity index (χ3n) is 3.58. The van der Waals surface area contributed by atoms with E-state index in [1.165, 1.54) is 0 Å². The zero-order valence-corrected chi connectivity index (χ0v) is 12.3. The second-order valence-electron chi connectivity index (χ2n) is 5.20. The highest BCUT2D eigenvalue weighted by Crippen LogP contribution is 2.24. The lowest BCUT2D eigenvalue weighted by molar-refractivity contribution is 0.408. The fourth-order valence-corrected chi connectivity index (χ4v) is 4.58. The molecular weight excluding hydrogens is 284 g/mol. The van der Waals surface area contributed by atoms with Crippen molar-refractivity contribution < 1.29 is 8.42 Å². The van der Waals surface area contributed by atoms with Gasteiger partial charge in [-0.15, -0.1) is 0 Å². The molecule has 1 saturated heterocycles. The standard InChI is InChI=1S/C13H19ClN2O2S/c14-12-3-1-10(2-4-12)7-13(16-15)8-11-5-6-19(17,18)9-11/h1-4,11,13,16H,5-9,15H2. The molecule has 0 saturated carbocycles. The first kappa shape index (κ1) is 14.8. The quantitative estimate of drug-likeness (QED) is 0.639. The van der Waals surface area contributed by atoms with Crippen molar-refractivity contribution in [3.05, 3.63) is 34.9 Å². The van der Waals surface area contributed by atoms with E-state index >= 15 is 0 Å². The van der Waals surface area contributed by atoms with Crippen molar-refractivity contribution in [2.24, 2.45) is 11.8 Å². The molecule has 1 aliphatic heterocycles. The Balaban J connectivity index is 1.92. The van der Waals surface area contributed by atoms with Crippen molar-refractivity contribution in [3.8, 4) is 0 Å². The van der Waals surface area contributed by atoms with Gasteiger partial charge < -0.3 is 0 Å². The largest absolute Gasteiger partial charge is 0.271 e. The van der Waals surface area contributed by atoms with Crippen molar-refractivity contribution in [1.82, 2.24) is 5.43 Å². The molecule has 19 heavy (non-hydrogen) atoms. The van der Waals surface area contributed by atoms with Gasteiger partial charge >= 0.3 is 0 Å². The van der Waals surface area contributed by atoms with Crippen LogP contribution in [0.4, 0.5) is 0 Å². The Morgan fingerprint density at radius 2 is 2.05 bits per heavy atom. The van der Waals surface area contributed by atoms with Crippen LogP contribution >= 0.6 is 11.6 Å². The van der Waals surface area contributed by atoms with E-state index in [2.05, 4.69) is 5.43 Å². The predicted molar refractivity (Wildman–Crippen MR) is 77.6 cm³/mol. The molecule has 2 atom stereocenters. The number of benzene rings is 1. The zero-order chi connectivity index (χ0) is 13.9. The highest BCUT2D eigenvalue weighted by Gasteiger charge is 2.29. The minimum Gasteiger partial charge on any atom is -0.271 e. The van der Waals surface area contributed by atoms with E-state index in [1.807, 2.05) is 24.3 Å². The maximum Gasteiger partial charge on any atom is 0.150 e. The van der Waals surface area contributed by atoms with Gasteiger partial charge in [-0.1, -0.05) is 23.7 Å². The van der Waals surface area contributed by atoms with Crippen LogP contribution in [-0.4, -0.2) is 26.0 Å². The van der Waals surface area contributed by atoms with Gasteiger partial charge in [0.05, 0.1) is 11.5 Å². The number of nitrogens with one attached hydrogen (secondary N) is 1. The minimum absolute atomic E-state index is 0.0967. The van der Waals surface area contributed by atoms with Crippen molar-refractivity contribution in [2.75, 3.05) is 11.5 Å². The fourth-order valence-electron chi connectivity index (χ4n) is 2.58. The average molecular weight is 303 g/mol. The van der Waals surface area contributed by atoms with Crippen LogP contribution in [0, 0.1) is 5.92 Å². The molecule has 1 aromatic rings. The van der Waals surface area contributed by atoms with Crippen molar-refractivity contribution in [3.63, 3.8) is 0 Å². The maximum atomic E-state index is 11.4. The molecule has 0 bridgehead atoms. The zero-order valence-electron chi connectivity index (χ0n) is 10.7. The Hall–Kier alpha value is -0.620. The molecule has 1 aliphatic rings. The minimum atomic E-state index is -2.81. The average Bonchev–Trinajstić information content (AvgIpc) is 2.70. The second-order valence-corrected chi connectivity index (χ2v) is 7.86. The van der Waals surface area contributed by atoms with E-state index in [4.69, 9.17) is 17.4 Å². The third-order valence-corrected chi connectivity index (χ3v) is 5.66. The molecule has 0 spiro atoms. The van der Waals surface area contributed by atoms with E-state index in [0.717, 1.165) is 24.8 Å². The van der Waals surface area contributed by atoms with E-state index in [9.17, 15) is 8.42 Å². The lowest BCUT2D eigenvalue weighted by atomic mass is 9.95. The molecule has 6 heteroatoms. The fraction of sp³-hybridized carbons (Fsp3) is 0.538. The molecule has 0 aliphatic carbocycles. The summed E-state index contributed by atoms with van der Waals surface area (Å²) in [5.74, 6) is 6.40. The SMILES string of the molecule is NNC(Cc1ccc(Cl)cc1)CC1CCS(=O)(=O)C1. The lowest BCUT2D eigenvalue weighted by Gasteiger charge is -2.19. The molecule has 0 amide bonds. The molecule has 1 aromatic carbocycles. The Morgan fingerprint density at radius 1 is 1.37 bits per heavy atom. The maximum absolute atomic E-state index is 11.4. The molecule has 4 nitrogen and oxygen atoms in total. The van der Waals surface area contributed by atoms with Gasteiger partial charge in [0.1, 0.15) is 0 Å². The van der Waals surface area contributed by atoms with Crippen LogP contribution in [0.1, 0.15) is 18.4 Å². The Kier molecular flexibility index (Phi) is 4.84. The summed E-state index contributed by atoms with van der Waals surface area (Å²) in [6.07, 6.45) is 2.32. The summed E-state index contributed by atoms with van der Waals surface area (Å²) in [4.78, 5) is 0. The molecule has 106 valence electrons. The smallest absolute Gasteiger partial charge is 0.150 e. The number of halogens is 1. The summed E-state index contributed by atoms with van der Waals surface area (Å²) >= 11 is 5.84. The summed E-state index contributed by atoms with van der Waals surface area (Å²) in [5.41, 5.74) is 3.94. The number of hydrazine groups is 1. The molecule has 0 aromatic heterocycles. The van der Waals surface area contributed by atoms with Gasteiger partial charge in [-0.3, -0.25) is 11.3 Å². The summed E-state index contributed by atoms with van der Waals surface area (Å²) in [5, 5.41) is 0.711. The van der Waals surface area contributed by atoms with Gasteiger partial charge in [-0.2, -0.15) is 0 Å². The van der Waals surface area contributed by atoms with E-state index in [1.54, 1.807) is 0 Å². The van der Waals surface area contributed by atoms with Gasteiger partial charge in [0, 0.05) is 11.1 Å². The van der Waals surface area contributed by atoms with Crippen LogP contribution in [-0.2, 0) is 16.3 Å². The van der Waals surface area contributed by atoms with E-state index in [-0.39, 0.29) is 12.0 Å². The Bertz CT molecular complexity index is 516. The monoisotopic (exact) mass is 302 g/mol. The number of nitrogens with two attached hydrogens (primary N) is 1. The van der Waals surface area contributed by atoms with Gasteiger partial charge in [-0.25, -0.2) is 8.42 Å². The van der Waals surface area contributed by atoms with Crippen LogP contribution in [0.5, 0.6) is 0 Å². The number of hydrogen-bond acceptors (Lipinski definition) is 4. The third kappa shape index (κ3) is 4.45. The first-order chi connectivity index (χ1) is 8.98. The predicted octanol–water partition coefficient (Wildman–Crippen LogP) is 1.54.